The maximum absolute atomic E-state index is 9.83. The molecule has 0 spiro atoms. The van der Waals surface area contributed by atoms with Gasteiger partial charge in [-0.1, -0.05) is 46.3 Å². The molecule has 0 aromatic heterocycles. The van der Waals surface area contributed by atoms with Crippen LogP contribution in [0.2, 0.25) is 0 Å². The van der Waals surface area contributed by atoms with Crippen molar-refractivity contribution in [3.05, 3.63) is 35.9 Å². The van der Waals surface area contributed by atoms with E-state index in [1.165, 1.54) is 0 Å². The summed E-state index contributed by atoms with van der Waals surface area (Å²) in [7, 11) is 0. The minimum absolute atomic E-state index is 0.159. The maximum atomic E-state index is 9.83. The number of hydrogen-bond donors (Lipinski definition) is 2. The summed E-state index contributed by atoms with van der Waals surface area (Å²) in [6, 6.07) is 9.66. The van der Waals surface area contributed by atoms with Gasteiger partial charge in [0.15, 0.2) is 6.29 Å². The first-order valence-corrected chi connectivity index (χ1v) is 6.37. The molecule has 0 radical (unpaired) electrons. The highest BCUT2D eigenvalue weighted by Gasteiger charge is 2.37. The lowest BCUT2D eigenvalue weighted by Crippen LogP contribution is -2.50. The van der Waals surface area contributed by atoms with E-state index in [0.717, 1.165) is 5.56 Å². The van der Waals surface area contributed by atoms with Gasteiger partial charge in [0.2, 0.25) is 0 Å². The van der Waals surface area contributed by atoms with Crippen molar-refractivity contribution in [1.29, 1.82) is 0 Å². The van der Waals surface area contributed by atoms with Crippen molar-refractivity contribution in [2.45, 2.75) is 29.9 Å². The summed E-state index contributed by atoms with van der Waals surface area (Å²) in [5.41, 5.74) is 1.01. The van der Waals surface area contributed by atoms with E-state index in [0.29, 0.717) is 6.61 Å². The van der Waals surface area contributed by atoms with E-state index in [1.807, 2.05) is 30.3 Å². The van der Waals surface area contributed by atoms with E-state index in [2.05, 4.69) is 15.9 Å². The van der Waals surface area contributed by atoms with Gasteiger partial charge in [0.25, 0.3) is 0 Å². The smallest absolute Gasteiger partial charge is 0.185 e. The Kier molecular flexibility index (Phi) is 4.53. The molecule has 4 atom stereocenters. The molecule has 4 nitrogen and oxygen atoms in total. The van der Waals surface area contributed by atoms with Crippen LogP contribution in [0.5, 0.6) is 0 Å². The van der Waals surface area contributed by atoms with E-state index >= 15 is 0 Å². The fourth-order valence-corrected chi connectivity index (χ4v) is 2.06. The molecule has 94 valence electrons. The quantitative estimate of drug-likeness (QED) is 0.819. The van der Waals surface area contributed by atoms with Crippen molar-refractivity contribution in [3.8, 4) is 0 Å². The summed E-state index contributed by atoms with van der Waals surface area (Å²) >= 11 is 3.23. The standard InChI is InChI=1S/C12H15BrO4/c13-10-9(14)7-17-12(11(10)15)16-6-8-4-2-1-3-5-8/h1-5,9-12,14-15H,6-7H2/t9-,10+,11-,12-/m0/s1. The van der Waals surface area contributed by atoms with E-state index in [4.69, 9.17) is 9.47 Å². The van der Waals surface area contributed by atoms with Gasteiger partial charge in [0.05, 0.1) is 24.1 Å². The van der Waals surface area contributed by atoms with E-state index in [9.17, 15) is 10.2 Å². The van der Waals surface area contributed by atoms with Gasteiger partial charge in [0.1, 0.15) is 6.10 Å². The fourth-order valence-electron chi connectivity index (χ4n) is 1.66. The van der Waals surface area contributed by atoms with E-state index < -0.39 is 23.3 Å². The zero-order valence-electron chi connectivity index (χ0n) is 9.20. The molecule has 17 heavy (non-hydrogen) atoms. The Labute approximate surface area is 108 Å². The van der Waals surface area contributed by atoms with Gasteiger partial charge in [-0.15, -0.1) is 0 Å². The molecule has 1 heterocycles. The van der Waals surface area contributed by atoms with Gasteiger partial charge >= 0.3 is 0 Å². The summed E-state index contributed by atoms with van der Waals surface area (Å²) in [4.78, 5) is -0.419. The number of aliphatic hydroxyl groups is 2. The molecule has 0 unspecified atom stereocenters. The Morgan fingerprint density at radius 1 is 1.29 bits per heavy atom. The van der Waals surface area contributed by atoms with Gasteiger partial charge in [0, 0.05) is 0 Å². The summed E-state index contributed by atoms with van der Waals surface area (Å²) in [5, 5.41) is 19.3. The van der Waals surface area contributed by atoms with Crippen molar-refractivity contribution in [2.24, 2.45) is 0 Å². The van der Waals surface area contributed by atoms with E-state index in [1.54, 1.807) is 0 Å². The lowest BCUT2D eigenvalue weighted by molar-refractivity contribution is -0.236. The molecular weight excluding hydrogens is 288 g/mol. The summed E-state index contributed by atoms with van der Waals surface area (Å²) < 4.78 is 10.7. The molecule has 1 aromatic rings. The Bertz CT molecular complexity index is 346. The van der Waals surface area contributed by atoms with Crippen molar-refractivity contribution >= 4 is 15.9 Å². The van der Waals surface area contributed by atoms with Gasteiger partial charge in [-0.25, -0.2) is 0 Å². The summed E-state index contributed by atoms with van der Waals surface area (Å²) in [5.74, 6) is 0. The molecule has 1 aliphatic heterocycles. The minimum Gasteiger partial charge on any atom is -0.389 e. The third kappa shape index (κ3) is 3.26. The monoisotopic (exact) mass is 302 g/mol. The molecule has 1 fully saturated rings. The topological polar surface area (TPSA) is 58.9 Å². The lowest BCUT2D eigenvalue weighted by atomic mass is 10.1. The number of ether oxygens (including phenoxy) is 2. The van der Waals surface area contributed by atoms with Crippen molar-refractivity contribution < 1.29 is 19.7 Å². The fraction of sp³-hybridized carbons (Fsp3) is 0.500. The van der Waals surface area contributed by atoms with Gasteiger partial charge in [-0.3, -0.25) is 0 Å². The van der Waals surface area contributed by atoms with Crippen LogP contribution < -0.4 is 0 Å². The highest BCUT2D eigenvalue weighted by molar-refractivity contribution is 9.09. The predicted octanol–water partition coefficient (Wildman–Crippen LogP) is 1.04. The van der Waals surface area contributed by atoms with Crippen LogP contribution in [-0.4, -0.2) is 40.1 Å². The highest BCUT2D eigenvalue weighted by Crippen LogP contribution is 2.23. The number of hydrogen-bond acceptors (Lipinski definition) is 4. The molecule has 1 saturated heterocycles. The van der Waals surface area contributed by atoms with Crippen LogP contribution in [0.4, 0.5) is 0 Å². The number of alkyl halides is 1. The molecule has 1 aromatic carbocycles. The van der Waals surface area contributed by atoms with Crippen molar-refractivity contribution in [3.63, 3.8) is 0 Å². The molecule has 0 bridgehead atoms. The molecule has 0 saturated carbocycles. The minimum atomic E-state index is -0.873. The predicted molar refractivity (Wildman–Crippen MR) is 65.7 cm³/mol. The van der Waals surface area contributed by atoms with Gasteiger partial charge in [-0.05, 0) is 5.56 Å². The Morgan fingerprint density at radius 2 is 2.00 bits per heavy atom. The average Bonchev–Trinajstić information content (AvgIpc) is 2.36. The average molecular weight is 303 g/mol. The van der Waals surface area contributed by atoms with Crippen LogP contribution in [0, 0.1) is 0 Å². The molecule has 1 aliphatic rings. The van der Waals surface area contributed by atoms with Crippen LogP contribution in [0.1, 0.15) is 5.56 Å². The molecule has 0 aliphatic carbocycles. The Hall–Kier alpha value is -0.460. The second kappa shape index (κ2) is 5.93. The number of benzene rings is 1. The molecular formula is C12H15BrO4. The second-order valence-electron chi connectivity index (χ2n) is 4.00. The zero-order valence-corrected chi connectivity index (χ0v) is 10.8. The molecule has 5 heteroatoms. The van der Waals surface area contributed by atoms with Gasteiger partial charge in [-0.2, -0.15) is 0 Å². The lowest BCUT2D eigenvalue weighted by Gasteiger charge is -2.34. The van der Waals surface area contributed by atoms with Crippen LogP contribution >= 0.6 is 15.9 Å². The van der Waals surface area contributed by atoms with Crippen LogP contribution in [-0.2, 0) is 16.1 Å². The molecule has 2 rings (SSSR count). The Morgan fingerprint density at radius 3 is 2.71 bits per heavy atom. The third-order valence-electron chi connectivity index (χ3n) is 2.66. The molecule has 2 N–H and O–H groups in total. The largest absolute Gasteiger partial charge is 0.389 e. The normalized spacial score (nSPS) is 33.6. The first kappa shape index (κ1) is 13.0. The number of halogens is 1. The first-order chi connectivity index (χ1) is 8.18. The Balaban J connectivity index is 1.87. The van der Waals surface area contributed by atoms with Crippen LogP contribution in [0.3, 0.4) is 0 Å². The van der Waals surface area contributed by atoms with Crippen LogP contribution in [0.15, 0.2) is 30.3 Å². The maximum Gasteiger partial charge on any atom is 0.185 e. The van der Waals surface area contributed by atoms with Crippen molar-refractivity contribution in [1.82, 2.24) is 0 Å². The summed E-state index contributed by atoms with van der Waals surface area (Å²) in [6.45, 7) is 0.533. The highest BCUT2D eigenvalue weighted by atomic mass is 79.9. The number of aliphatic hydroxyl groups excluding tert-OH is 2. The van der Waals surface area contributed by atoms with Gasteiger partial charge < -0.3 is 19.7 Å². The third-order valence-corrected chi connectivity index (χ3v) is 3.81. The van der Waals surface area contributed by atoms with Crippen molar-refractivity contribution in [2.75, 3.05) is 6.61 Å². The van der Waals surface area contributed by atoms with Crippen LogP contribution in [0.25, 0.3) is 0 Å². The first-order valence-electron chi connectivity index (χ1n) is 5.46. The zero-order chi connectivity index (χ0) is 12.3. The summed E-state index contributed by atoms with van der Waals surface area (Å²) in [6.07, 6.45) is -2.29. The van der Waals surface area contributed by atoms with E-state index in [-0.39, 0.29) is 6.61 Å². The molecule has 0 amide bonds. The second-order valence-corrected chi connectivity index (χ2v) is 5.06. The SMILES string of the molecule is O[C@@H]1[C@@H](OCc2ccccc2)OC[C@H](O)[C@H]1Br. The number of rotatable bonds is 3.